The van der Waals surface area contributed by atoms with Gasteiger partial charge in [-0.05, 0) is 43.5 Å². The van der Waals surface area contributed by atoms with Crippen LogP contribution in [-0.4, -0.2) is 12.6 Å². The van der Waals surface area contributed by atoms with E-state index in [-0.39, 0.29) is 11.5 Å². The Morgan fingerprint density at radius 2 is 2.05 bits per heavy atom. The van der Waals surface area contributed by atoms with Crippen LogP contribution in [0.25, 0.3) is 11.1 Å². The van der Waals surface area contributed by atoms with Crippen molar-refractivity contribution in [3.05, 3.63) is 41.5 Å². The second-order valence-corrected chi connectivity index (χ2v) is 5.41. The summed E-state index contributed by atoms with van der Waals surface area (Å²) in [6.45, 7) is 6.31. The number of hydrogen-bond donors (Lipinski definition) is 0. The fraction of sp³-hybridized carbons (Fsp3) is 0.353. The highest BCUT2D eigenvalue weighted by Gasteiger charge is 2.36. The highest BCUT2D eigenvalue weighted by Crippen LogP contribution is 2.49. The molecule has 0 amide bonds. The molecule has 0 aromatic rings. The molecule has 1 atom stereocenters. The lowest BCUT2D eigenvalue weighted by Gasteiger charge is -2.26. The molecule has 3 aliphatic rings. The van der Waals surface area contributed by atoms with Gasteiger partial charge in [0.15, 0.2) is 0 Å². The van der Waals surface area contributed by atoms with Crippen LogP contribution in [0.4, 0.5) is 5.69 Å². The summed E-state index contributed by atoms with van der Waals surface area (Å²) in [5, 5.41) is 8.83. The van der Waals surface area contributed by atoms with Gasteiger partial charge < -0.3 is 4.74 Å². The molecule has 108 valence electrons. The number of carbonyl (C=O) groups excluding carboxylic acids is 1. The van der Waals surface area contributed by atoms with Gasteiger partial charge in [-0.2, -0.15) is 10.2 Å². The smallest absolute Gasteiger partial charge is 0.338 e. The summed E-state index contributed by atoms with van der Waals surface area (Å²) in [5.41, 5.74) is 4.00. The van der Waals surface area contributed by atoms with E-state index in [1.807, 2.05) is 37.3 Å². The zero-order valence-corrected chi connectivity index (χ0v) is 12.5. The van der Waals surface area contributed by atoms with Gasteiger partial charge in [-0.15, -0.1) is 0 Å². The normalized spacial score (nSPS) is 19.8. The van der Waals surface area contributed by atoms with Crippen LogP contribution < -0.4 is 0 Å². The highest BCUT2D eigenvalue weighted by molar-refractivity contribution is 6.02. The van der Waals surface area contributed by atoms with Crippen LogP contribution in [0, 0.1) is 0 Å². The van der Waals surface area contributed by atoms with Crippen molar-refractivity contribution in [1.29, 1.82) is 0 Å². The average molecular weight is 282 g/mol. The van der Waals surface area contributed by atoms with Crippen LogP contribution in [0.5, 0.6) is 0 Å². The van der Waals surface area contributed by atoms with Crippen molar-refractivity contribution in [2.24, 2.45) is 10.2 Å². The number of nitrogens with zero attached hydrogens (tertiary/aromatic N) is 2. The second kappa shape index (κ2) is 4.95. The maximum Gasteiger partial charge on any atom is 0.338 e. The lowest BCUT2D eigenvalue weighted by Crippen LogP contribution is -2.18. The van der Waals surface area contributed by atoms with Crippen molar-refractivity contribution in [3.8, 4) is 11.1 Å². The van der Waals surface area contributed by atoms with Crippen molar-refractivity contribution in [2.45, 2.75) is 32.7 Å². The molecular weight excluding hydrogens is 264 g/mol. The van der Waals surface area contributed by atoms with Crippen LogP contribution in [0.15, 0.2) is 40.6 Å². The molecule has 2 aliphatic carbocycles. The Kier molecular flexibility index (Phi) is 3.24. The lowest BCUT2D eigenvalue weighted by molar-refractivity contribution is 0.0527. The van der Waals surface area contributed by atoms with Gasteiger partial charge in [-0.1, -0.05) is 25.1 Å². The van der Waals surface area contributed by atoms with Crippen LogP contribution >= 0.6 is 0 Å². The SMILES string of the molecule is CCOC(=O)c1cc2c3c(ccccc1-3)N=NC2(C)CC. The molecule has 0 bridgehead atoms. The van der Waals surface area contributed by atoms with Gasteiger partial charge in [0.1, 0.15) is 5.54 Å². The largest absolute Gasteiger partial charge is 0.462 e. The Labute approximate surface area is 124 Å². The summed E-state index contributed by atoms with van der Waals surface area (Å²) >= 11 is 0. The number of ether oxygens (including phenoxy) is 1. The zero-order chi connectivity index (χ0) is 15.0. The van der Waals surface area contributed by atoms with Gasteiger partial charge in [-0.3, -0.25) is 0 Å². The van der Waals surface area contributed by atoms with E-state index in [4.69, 9.17) is 4.74 Å². The van der Waals surface area contributed by atoms with Gasteiger partial charge >= 0.3 is 5.97 Å². The fourth-order valence-corrected chi connectivity index (χ4v) is 2.77. The maximum absolute atomic E-state index is 12.2. The number of rotatable bonds is 3. The molecule has 1 unspecified atom stereocenters. The first-order valence-electron chi connectivity index (χ1n) is 7.27. The van der Waals surface area contributed by atoms with E-state index in [0.717, 1.165) is 28.8 Å². The molecule has 0 saturated heterocycles. The Balaban J connectivity index is 2.28. The average Bonchev–Trinajstić information content (AvgIpc) is 2.75. The molecule has 4 nitrogen and oxygen atoms in total. The topological polar surface area (TPSA) is 51.0 Å². The first-order valence-corrected chi connectivity index (χ1v) is 7.27. The van der Waals surface area contributed by atoms with Crippen molar-refractivity contribution in [3.63, 3.8) is 0 Å². The Morgan fingerprint density at radius 1 is 1.29 bits per heavy atom. The van der Waals surface area contributed by atoms with Crippen molar-refractivity contribution >= 4 is 11.7 Å². The minimum absolute atomic E-state index is 0.286. The van der Waals surface area contributed by atoms with E-state index in [0.29, 0.717) is 12.2 Å². The van der Waals surface area contributed by atoms with Crippen molar-refractivity contribution < 1.29 is 9.53 Å². The summed E-state index contributed by atoms with van der Waals surface area (Å²) in [7, 11) is 0. The monoisotopic (exact) mass is 282 g/mol. The summed E-state index contributed by atoms with van der Waals surface area (Å²) < 4.78 is 5.19. The third kappa shape index (κ3) is 2.02. The number of carbonyl (C=O) groups is 1. The van der Waals surface area contributed by atoms with Crippen LogP contribution in [0.1, 0.15) is 43.1 Å². The van der Waals surface area contributed by atoms with E-state index in [2.05, 4.69) is 24.1 Å². The maximum atomic E-state index is 12.2. The van der Waals surface area contributed by atoms with Crippen molar-refractivity contribution in [1.82, 2.24) is 0 Å². The van der Waals surface area contributed by atoms with E-state index >= 15 is 0 Å². The van der Waals surface area contributed by atoms with E-state index in [1.54, 1.807) is 0 Å². The molecule has 4 heteroatoms. The van der Waals surface area contributed by atoms with Crippen LogP contribution in [0.3, 0.4) is 0 Å². The molecule has 1 heterocycles. The lowest BCUT2D eigenvalue weighted by atomic mass is 9.87. The Hall–Kier alpha value is -2.23. The first kappa shape index (κ1) is 13.7. The summed E-state index contributed by atoms with van der Waals surface area (Å²) in [6.07, 6.45) is 0.829. The first-order chi connectivity index (χ1) is 10.1. The van der Waals surface area contributed by atoms with Gasteiger partial charge in [-0.25, -0.2) is 4.79 Å². The van der Waals surface area contributed by atoms with Crippen molar-refractivity contribution in [2.75, 3.05) is 6.61 Å². The molecule has 0 saturated carbocycles. The van der Waals surface area contributed by atoms with Gasteiger partial charge in [0.25, 0.3) is 0 Å². The fourth-order valence-electron chi connectivity index (χ4n) is 2.77. The zero-order valence-electron chi connectivity index (χ0n) is 12.5. The molecule has 0 spiro atoms. The minimum Gasteiger partial charge on any atom is -0.462 e. The van der Waals surface area contributed by atoms with Crippen LogP contribution in [-0.2, 0) is 10.3 Å². The number of azo groups is 1. The predicted molar refractivity (Wildman–Crippen MR) is 81.2 cm³/mol. The Bertz CT molecular complexity index is 708. The summed E-state index contributed by atoms with van der Waals surface area (Å²) in [4.78, 5) is 12.2. The highest BCUT2D eigenvalue weighted by atomic mass is 16.5. The third-order valence-electron chi connectivity index (χ3n) is 4.14. The number of esters is 1. The molecule has 0 radical (unpaired) electrons. The summed E-state index contributed by atoms with van der Waals surface area (Å²) in [5.74, 6) is -0.286. The molecular formula is C17H18N2O2. The molecule has 0 fully saturated rings. The third-order valence-corrected chi connectivity index (χ3v) is 4.14. The Morgan fingerprint density at radius 3 is 2.76 bits per heavy atom. The molecule has 1 aliphatic heterocycles. The van der Waals surface area contributed by atoms with Gasteiger partial charge in [0.05, 0.1) is 17.9 Å². The molecule has 21 heavy (non-hydrogen) atoms. The summed E-state index contributed by atoms with van der Waals surface area (Å²) in [6, 6.07) is 9.64. The van der Waals surface area contributed by atoms with E-state index in [9.17, 15) is 4.79 Å². The molecule has 3 rings (SSSR count). The van der Waals surface area contributed by atoms with E-state index in [1.165, 1.54) is 0 Å². The standard InChI is InChI=1S/C17H18N2O2/c1-4-17(3)13-10-12(16(20)21-5-2)11-8-6-7-9-14(15(11)13)18-19-17/h6-10H,4-5H2,1-3H3. The van der Waals surface area contributed by atoms with Crippen LogP contribution in [0.2, 0.25) is 0 Å². The molecule has 0 aromatic carbocycles. The number of hydrogen-bond acceptors (Lipinski definition) is 4. The van der Waals surface area contributed by atoms with Gasteiger partial charge in [0.2, 0.25) is 0 Å². The predicted octanol–water partition coefficient (Wildman–Crippen LogP) is 4.69. The van der Waals surface area contributed by atoms with E-state index < -0.39 is 0 Å². The second-order valence-electron chi connectivity index (χ2n) is 5.41. The molecule has 0 N–H and O–H groups in total. The quantitative estimate of drug-likeness (QED) is 0.767. The van der Waals surface area contributed by atoms with Gasteiger partial charge in [0, 0.05) is 5.56 Å². The molecule has 0 aromatic heterocycles. The minimum atomic E-state index is -0.385.